The number of aromatic nitrogens is 4. The minimum atomic E-state index is 0.184. The molecule has 0 radical (unpaired) electrons. The number of fused-ring (bicyclic) bond motifs is 2. The second-order valence-electron chi connectivity index (χ2n) is 8.03. The van der Waals surface area contributed by atoms with Crippen LogP contribution in [0.1, 0.15) is 32.6 Å². The van der Waals surface area contributed by atoms with E-state index in [0.717, 1.165) is 10.7 Å². The molecule has 3 atom stereocenters. The Morgan fingerprint density at radius 3 is 2.93 bits per heavy atom. The molecule has 28 heavy (non-hydrogen) atoms. The van der Waals surface area contributed by atoms with E-state index in [0.29, 0.717) is 22.5 Å². The van der Waals surface area contributed by atoms with Gasteiger partial charge in [0.05, 0.1) is 30.1 Å². The summed E-state index contributed by atoms with van der Waals surface area (Å²) in [4.78, 5) is 13.2. The maximum Gasteiger partial charge on any atom is 0.127 e. The van der Waals surface area contributed by atoms with Crippen LogP contribution in [-0.4, -0.2) is 41.5 Å². The molecule has 5 rings (SSSR count). The first-order valence-electron chi connectivity index (χ1n) is 9.66. The Hall–Kier alpha value is -2.38. The van der Waals surface area contributed by atoms with Gasteiger partial charge in [0.1, 0.15) is 10.8 Å². The van der Waals surface area contributed by atoms with Gasteiger partial charge in [0.2, 0.25) is 0 Å². The van der Waals surface area contributed by atoms with Gasteiger partial charge in [0, 0.05) is 40.9 Å². The third-order valence-electron chi connectivity index (χ3n) is 5.80. The smallest absolute Gasteiger partial charge is 0.127 e. The van der Waals surface area contributed by atoms with Crippen molar-refractivity contribution < 1.29 is 5.11 Å². The number of piperidine rings is 1. The van der Waals surface area contributed by atoms with Crippen molar-refractivity contribution >= 4 is 11.8 Å². The Morgan fingerprint density at radius 1 is 1.29 bits per heavy atom. The Kier molecular flexibility index (Phi) is 4.36. The van der Waals surface area contributed by atoms with Crippen molar-refractivity contribution in [3.05, 3.63) is 49.3 Å². The number of phenols is 1. The van der Waals surface area contributed by atoms with Gasteiger partial charge in [-0.15, -0.1) is 11.8 Å². The van der Waals surface area contributed by atoms with E-state index in [-0.39, 0.29) is 11.3 Å². The number of thioether (sulfide) groups is 1. The van der Waals surface area contributed by atoms with Gasteiger partial charge in [0.25, 0.3) is 0 Å². The van der Waals surface area contributed by atoms with Crippen molar-refractivity contribution in [1.29, 1.82) is 0 Å². The van der Waals surface area contributed by atoms with Crippen molar-refractivity contribution in [3.8, 4) is 22.7 Å². The number of rotatable bonds is 4. The highest BCUT2D eigenvalue weighted by Gasteiger charge is 2.42. The van der Waals surface area contributed by atoms with Crippen molar-refractivity contribution in [2.45, 2.75) is 54.5 Å². The highest BCUT2D eigenvalue weighted by molar-refractivity contribution is 7.99. The van der Waals surface area contributed by atoms with Gasteiger partial charge in [-0.25, -0.2) is 9.97 Å². The molecule has 2 aromatic heterocycles. The fraction of sp³-hybridized carbons (Fsp3) is 0.381. The molecule has 2 aliphatic rings. The van der Waals surface area contributed by atoms with Crippen molar-refractivity contribution in [2.24, 2.45) is 0 Å². The normalized spacial score (nSPS) is 26.5. The second-order valence-corrected chi connectivity index (χ2v) is 9.35. The molecule has 144 valence electrons. The minimum absolute atomic E-state index is 0.184. The molecular weight excluding hydrogens is 370 g/mol. The van der Waals surface area contributed by atoms with Crippen LogP contribution in [-0.2, 0) is 0 Å². The molecule has 0 unspecified atom stereocenters. The maximum atomic E-state index is 10.5. The average molecular weight is 394 g/mol. The monoisotopic (exact) mass is 393 g/mol. The number of hydrogen-bond acceptors (Lipinski definition) is 6. The third-order valence-corrected chi connectivity index (χ3v) is 6.94. The van der Waals surface area contributed by atoms with E-state index in [4.69, 9.17) is 0 Å². The van der Waals surface area contributed by atoms with Gasteiger partial charge in [-0.1, -0.05) is 0 Å². The summed E-state index contributed by atoms with van der Waals surface area (Å²) < 4.78 is 1.85. The van der Waals surface area contributed by atoms with E-state index < -0.39 is 0 Å². The molecule has 0 aliphatic carbocycles. The molecule has 2 bridgehead atoms. The summed E-state index contributed by atoms with van der Waals surface area (Å²) in [5.41, 5.74) is 2.50. The molecule has 1 aromatic carbocycles. The van der Waals surface area contributed by atoms with Crippen LogP contribution in [0.25, 0.3) is 16.9 Å². The van der Waals surface area contributed by atoms with E-state index in [1.807, 2.05) is 40.9 Å². The fourth-order valence-corrected chi connectivity index (χ4v) is 5.80. The maximum absolute atomic E-state index is 10.5. The quantitative estimate of drug-likeness (QED) is 0.702. The van der Waals surface area contributed by atoms with Gasteiger partial charge in [0.15, 0.2) is 0 Å². The number of nitrogens with zero attached hydrogens (tertiary/aromatic N) is 4. The topological polar surface area (TPSA) is 75.9 Å². The average Bonchev–Trinajstić information content (AvgIpc) is 3.30. The molecule has 2 fully saturated rings. The van der Waals surface area contributed by atoms with E-state index in [2.05, 4.69) is 27.2 Å². The van der Waals surface area contributed by atoms with Gasteiger partial charge in [-0.3, -0.25) is 4.98 Å². The summed E-state index contributed by atoms with van der Waals surface area (Å²) in [6.07, 6.45) is 13.8. The van der Waals surface area contributed by atoms with Crippen LogP contribution in [0.5, 0.6) is 5.75 Å². The predicted octanol–water partition coefficient (Wildman–Crippen LogP) is 3.80. The van der Waals surface area contributed by atoms with Crippen molar-refractivity contribution in [3.63, 3.8) is 0 Å². The summed E-state index contributed by atoms with van der Waals surface area (Å²) in [6.45, 7) is 2.34. The molecule has 4 heterocycles. The summed E-state index contributed by atoms with van der Waals surface area (Å²) in [5, 5.41) is 15.7. The first-order chi connectivity index (χ1) is 13.6. The highest BCUT2D eigenvalue weighted by atomic mass is 32.2. The molecule has 7 heteroatoms. The molecule has 2 saturated heterocycles. The van der Waals surface area contributed by atoms with Crippen LogP contribution in [0.15, 0.2) is 54.3 Å². The number of nitrogens with one attached hydrogen (secondary N) is 1. The van der Waals surface area contributed by atoms with Crippen LogP contribution in [0.3, 0.4) is 0 Å². The van der Waals surface area contributed by atoms with Gasteiger partial charge in [-0.05, 0) is 44.7 Å². The number of phenolic OH excluding ortho intramolecular Hbond substituents is 1. The van der Waals surface area contributed by atoms with E-state index in [9.17, 15) is 5.11 Å². The number of aromatic hydroxyl groups is 1. The van der Waals surface area contributed by atoms with E-state index in [1.165, 1.54) is 25.7 Å². The first kappa shape index (κ1) is 17.7. The largest absolute Gasteiger partial charge is 0.507 e. The molecule has 6 nitrogen and oxygen atoms in total. The van der Waals surface area contributed by atoms with Crippen LogP contribution in [0.2, 0.25) is 0 Å². The lowest BCUT2D eigenvalue weighted by molar-refractivity contribution is 0.307. The zero-order chi connectivity index (χ0) is 19.1. The predicted molar refractivity (Wildman–Crippen MR) is 110 cm³/mol. The Morgan fingerprint density at radius 2 is 2.21 bits per heavy atom. The Bertz CT molecular complexity index is 975. The third kappa shape index (κ3) is 3.40. The molecule has 3 aromatic rings. The van der Waals surface area contributed by atoms with Crippen molar-refractivity contribution in [2.75, 3.05) is 0 Å². The molecule has 0 spiro atoms. The fourth-order valence-electron chi connectivity index (χ4n) is 4.46. The Balaban J connectivity index is 1.31. The van der Waals surface area contributed by atoms with Crippen LogP contribution in [0.4, 0.5) is 0 Å². The number of hydrogen-bond donors (Lipinski definition) is 2. The lowest BCUT2D eigenvalue weighted by Crippen LogP contribution is -2.48. The van der Waals surface area contributed by atoms with Gasteiger partial charge >= 0.3 is 0 Å². The minimum Gasteiger partial charge on any atom is -0.507 e. The summed E-state index contributed by atoms with van der Waals surface area (Å²) in [6, 6.07) is 6.17. The van der Waals surface area contributed by atoms with Crippen LogP contribution in [0, 0.1) is 0 Å². The van der Waals surface area contributed by atoms with Crippen molar-refractivity contribution in [1.82, 2.24) is 24.8 Å². The van der Waals surface area contributed by atoms with Crippen LogP contribution >= 0.6 is 11.8 Å². The van der Waals surface area contributed by atoms with Gasteiger partial charge in [-0.2, -0.15) is 0 Å². The summed E-state index contributed by atoms with van der Waals surface area (Å²) in [5.74, 6) is 0.184. The second kappa shape index (κ2) is 6.90. The Labute approximate surface area is 168 Å². The molecular formula is C21H23N5OS. The number of imidazole rings is 1. The zero-order valence-corrected chi connectivity index (χ0v) is 16.6. The summed E-state index contributed by atoms with van der Waals surface area (Å²) >= 11 is 1.83. The molecule has 0 amide bonds. The van der Waals surface area contributed by atoms with Crippen LogP contribution < -0.4 is 5.32 Å². The highest BCUT2D eigenvalue weighted by Crippen LogP contribution is 2.42. The lowest BCUT2D eigenvalue weighted by Gasteiger charge is -2.36. The van der Waals surface area contributed by atoms with E-state index in [1.54, 1.807) is 24.8 Å². The first-order valence-corrected chi connectivity index (χ1v) is 10.5. The standard InChI is InChI=1S/C21H23N5OS/c1-21-5-4-14(25-21)8-16(10-21)28-20-12-23-18(11-24-20)17-3-2-15(9-19(17)27)26-7-6-22-13-26/h2-3,6-7,9,11-14,16,25,27H,4-5,8,10H2,1H3/t14-,16-,21+/m1/s1. The van der Waals surface area contributed by atoms with E-state index >= 15 is 0 Å². The summed E-state index contributed by atoms with van der Waals surface area (Å²) in [7, 11) is 0. The zero-order valence-electron chi connectivity index (χ0n) is 15.7. The lowest BCUT2D eigenvalue weighted by atomic mass is 9.93. The molecule has 2 aliphatic heterocycles. The van der Waals surface area contributed by atoms with Gasteiger partial charge < -0.3 is 15.0 Å². The SMILES string of the molecule is C[C@]12CC[C@H](C[C@@H](Sc3cnc(-c4ccc(-n5ccnc5)cc4O)cn3)C1)N2. The molecule has 2 N–H and O–H groups in total. The molecule has 0 saturated carbocycles. The number of benzene rings is 1.